The van der Waals surface area contributed by atoms with Crippen LogP contribution in [0.4, 0.5) is 0 Å². The van der Waals surface area contributed by atoms with Gasteiger partial charge in [-0.3, -0.25) is 9.89 Å². The summed E-state index contributed by atoms with van der Waals surface area (Å²) >= 11 is 0. The quantitative estimate of drug-likeness (QED) is 0.737. The third kappa shape index (κ3) is 4.08. The van der Waals surface area contributed by atoms with Gasteiger partial charge in [-0.25, -0.2) is 0 Å². The Bertz CT molecular complexity index is 392. The zero-order valence-corrected chi connectivity index (χ0v) is 8.47. The maximum Gasteiger partial charge on any atom is 0.248 e. The number of primary amides is 1. The van der Waals surface area contributed by atoms with E-state index in [-0.39, 0.29) is 5.91 Å². The average Bonchev–Trinajstić information content (AvgIpc) is 2.75. The fraction of sp³-hybridized carbons (Fsp3) is 0.0909. The van der Waals surface area contributed by atoms with Crippen molar-refractivity contribution < 1.29 is 4.79 Å². The first kappa shape index (κ1) is 11.0. The van der Waals surface area contributed by atoms with Crippen molar-refractivity contribution in [2.75, 3.05) is 0 Å². The van der Waals surface area contributed by atoms with Crippen LogP contribution in [0.3, 0.4) is 0 Å². The largest absolute Gasteiger partial charge is 0.366 e. The molecule has 0 atom stereocenters. The van der Waals surface area contributed by atoms with E-state index < -0.39 is 0 Å². The Balaban J connectivity index is 0.000000187. The molecule has 0 fully saturated rings. The van der Waals surface area contributed by atoms with Gasteiger partial charge in [0.15, 0.2) is 0 Å². The highest BCUT2D eigenvalue weighted by atomic mass is 16.1. The van der Waals surface area contributed by atoms with Crippen LogP contribution < -0.4 is 5.73 Å². The van der Waals surface area contributed by atoms with Crippen LogP contribution >= 0.6 is 0 Å². The van der Waals surface area contributed by atoms with Gasteiger partial charge in [0.25, 0.3) is 0 Å². The van der Waals surface area contributed by atoms with E-state index in [1.165, 1.54) is 0 Å². The van der Waals surface area contributed by atoms with Crippen LogP contribution in [0, 0.1) is 6.92 Å². The molecule has 1 aromatic heterocycles. The number of nitrogens with zero attached hydrogens (tertiary/aromatic N) is 1. The summed E-state index contributed by atoms with van der Waals surface area (Å²) in [7, 11) is 0. The van der Waals surface area contributed by atoms with Crippen LogP contribution in [0.25, 0.3) is 0 Å². The first-order chi connectivity index (χ1) is 7.20. The summed E-state index contributed by atoms with van der Waals surface area (Å²) < 4.78 is 0. The minimum absolute atomic E-state index is 0.372. The van der Waals surface area contributed by atoms with Gasteiger partial charge in [-0.2, -0.15) is 5.10 Å². The molecule has 1 amide bonds. The van der Waals surface area contributed by atoms with Crippen LogP contribution in [0.1, 0.15) is 15.9 Å². The Morgan fingerprint density at radius 3 is 2.53 bits per heavy atom. The number of hydrogen-bond acceptors (Lipinski definition) is 2. The first-order valence-electron chi connectivity index (χ1n) is 4.50. The SMILES string of the molecule is Cc1cccc(C(N)=O)c1.c1cn[nH]c1. The van der Waals surface area contributed by atoms with Gasteiger partial charge in [0, 0.05) is 18.0 Å². The number of aromatic nitrogens is 2. The van der Waals surface area contributed by atoms with Crippen LogP contribution in [-0.4, -0.2) is 16.1 Å². The van der Waals surface area contributed by atoms with E-state index >= 15 is 0 Å². The summed E-state index contributed by atoms with van der Waals surface area (Å²) in [5.74, 6) is -0.372. The van der Waals surface area contributed by atoms with Gasteiger partial charge < -0.3 is 5.73 Å². The van der Waals surface area contributed by atoms with Gasteiger partial charge in [-0.05, 0) is 25.1 Å². The van der Waals surface area contributed by atoms with Crippen molar-refractivity contribution in [1.29, 1.82) is 0 Å². The van der Waals surface area contributed by atoms with Crippen molar-refractivity contribution in [2.45, 2.75) is 6.92 Å². The number of nitrogens with one attached hydrogen (secondary N) is 1. The molecule has 78 valence electrons. The van der Waals surface area contributed by atoms with E-state index in [1.807, 2.05) is 25.1 Å². The topological polar surface area (TPSA) is 71.8 Å². The van der Waals surface area contributed by atoms with Crippen molar-refractivity contribution >= 4 is 5.91 Å². The molecular formula is C11H13N3O. The van der Waals surface area contributed by atoms with Gasteiger partial charge in [-0.15, -0.1) is 0 Å². The Labute approximate surface area is 88.1 Å². The standard InChI is InChI=1S/C8H9NO.C3H4N2/c1-6-3-2-4-7(5-6)8(9)10;1-2-4-5-3-1/h2-5H,1H3,(H2,9,10);1-3H,(H,4,5). The number of carbonyl (C=O) groups is 1. The Morgan fingerprint density at radius 2 is 2.20 bits per heavy atom. The van der Waals surface area contributed by atoms with E-state index in [1.54, 1.807) is 24.5 Å². The molecule has 0 spiro atoms. The van der Waals surface area contributed by atoms with Crippen molar-refractivity contribution in [1.82, 2.24) is 10.2 Å². The number of hydrogen-bond donors (Lipinski definition) is 2. The minimum atomic E-state index is -0.372. The van der Waals surface area contributed by atoms with E-state index in [0.29, 0.717) is 5.56 Å². The maximum atomic E-state index is 10.6. The molecule has 1 heterocycles. The second-order valence-corrected chi connectivity index (χ2v) is 3.00. The Kier molecular flexibility index (Phi) is 4.09. The lowest BCUT2D eigenvalue weighted by molar-refractivity contribution is 0.1000. The Morgan fingerprint density at radius 1 is 1.40 bits per heavy atom. The maximum absolute atomic E-state index is 10.6. The van der Waals surface area contributed by atoms with Gasteiger partial charge in [0.2, 0.25) is 5.91 Å². The molecular weight excluding hydrogens is 190 g/mol. The van der Waals surface area contributed by atoms with Crippen molar-refractivity contribution in [3.8, 4) is 0 Å². The van der Waals surface area contributed by atoms with Crippen molar-refractivity contribution in [2.24, 2.45) is 5.73 Å². The molecule has 4 heteroatoms. The smallest absolute Gasteiger partial charge is 0.248 e. The van der Waals surface area contributed by atoms with E-state index in [2.05, 4.69) is 10.2 Å². The predicted octanol–water partition coefficient (Wildman–Crippen LogP) is 1.50. The highest BCUT2D eigenvalue weighted by Gasteiger charge is 1.96. The molecule has 0 aliphatic carbocycles. The third-order valence-corrected chi connectivity index (χ3v) is 1.71. The highest BCUT2D eigenvalue weighted by molar-refractivity contribution is 5.92. The van der Waals surface area contributed by atoms with E-state index in [0.717, 1.165) is 5.56 Å². The molecule has 2 aromatic rings. The zero-order valence-electron chi connectivity index (χ0n) is 8.47. The molecule has 4 nitrogen and oxygen atoms in total. The molecule has 15 heavy (non-hydrogen) atoms. The minimum Gasteiger partial charge on any atom is -0.366 e. The predicted molar refractivity (Wildman–Crippen MR) is 58.3 cm³/mol. The fourth-order valence-electron chi connectivity index (χ4n) is 1.01. The number of aromatic amines is 1. The second-order valence-electron chi connectivity index (χ2n) is 3.00. The van der Waals surface area contributed by atoms with E-state index in [4.69, 9.17) is 5.73 Å². The fourth-order valence-corrected chi connectivity index (χ4v) is 1.01. The molecule has 2 rings (SSSR count). The molecule has 0 aliphatic heterocycles. The molecule has 0 aliphatic rings. The lowest BCUT2D eigenvalue weighted by atomic mass is 10.1. The lowest BCUT2D eigenvalue weighted by Crippen LogP contribution is -2.10. The third-order valence-electron chi connectivity index (χ3n) is 1.71. The molecule has 0 saturated heterocycles. The van der Waals surface area contributed by atoms with Gasteiger partial charge in [-0.1, -0.05) is 17.7 Å². The summed E-state index contributed by atoms with van der Waals surface area (Å²) in [5, 5.41) is 6.21. The number of carbonyl (C=O) groups excluding carboxylic acids is 1. The average molecular weight is 203 g/mol. The van der Waals surface area contributed by atoms with Gasteiger partial charge >= 0.3 is 0 Å². The zero-order chi connectivity index (χ0) is 11.1. The highest BCUT2D eigenvalue weighted by Crippen LogP contribution is 2.01. The summed E-state index contributed by atoms with van der Waals surface area (Å²) in [5.41, 5.74) is 6.67. The number of aryl methyl sites for hydroxylation is 1. The number of amides is 1. The van der Waals surface area contributed by atoms with E-state index in [9.17, 15) is 4.79 Å². The number of rotatable bonds is 1. The molecule has 0 unspecified atom stereocenters. The number of nitrogens with two attached hydrogens (primary N) is 1. The lowest BCUT2D eigenvalue weighted by Gasteiger charge is -1.94. The molecule has 0 saturated carbocycles. The summed E-state index contributed by atoms with van der Waals surface area (Å²) in [4.78, 5) is 10.6. The van der Waals surface area contributed by atoms with Gasteiger partial charge in [0.05, 0.1) is 0 Å². The van der Waals surface area contributed by atoms with Crippen molar-refractivity contribution in [3.63, 3.8) is 0 Å². The van der Waals surface area contributed by atoms with Crippen LogP contribution in [0.5, 0.6) is 0 Å². The van der Waals surface area contributed by atoms with Crippen LogP contribution in [0.2, 0.25) is 0 Å². The summed E-state index contributed by atoms with van der Waals surface area (Å²) in [6, 6.07) is 9.04. The van der Waals surface area contributed by atoms with Gasteiger partial charge in [0.1, 0.15) is 0 Å². The second kappa shape index (κ2) is 5.59. The van der Waals surface area contributed by atoms with Crippen molar-refractivity contribution in [3.05, 3.63) is 53.9 Å². The first-order valence-corrected chi connectivity index (χ1v) is 4.50. The normalized spacial score (nSPS) is 8.87. The number of H-pyrrole nitrogens is 1. The molecule has 0 bridgehead atoms. The monoisotopic (exact) mass is 203 g/mol. The van der Waals surface area contributed by atoms with Crippen LogP contribution in [0.15, 0.2) is 42.7 Å². The summed E-state index contributed by atoms with van der Waals surface area (Å²) in [6.45, 7) is 1.92. The number of benzene rings is 1. The molecule has 0 radical (unpaired) electrons. The Hall–Kier alpha value is -2.10. The molecule has 1 aromatic carbocycles. The summed E-state index contributed by atoms with van der Waals surface area (Å²) in [6.07, 6.45) is 3.46. The van der Waals surface area contributed by atoms with Crippen LogP contribution in [-0.2, 0) is 0 Å². The molecule has 3 N–H and O–H groups in total.